The molecule has 0 aliphatic heterocycles. The number of nitrogens with one attached hydrogen (secondary N) is 1. The van der Waals surface area contributed by atoms with Crippen LogP contribution in [0.4, 0.5) is 0 Å². The molecule has 1 aromatic rings. The molecule has 0 atom stereocenters. The summed E-state index contributed by atoms with van der Waals surface area (Å²) < 4.78 is 1.97. The van der Waals surface area contributed by atoms with Crippen LogP contribution < -0.4 is 5.32 Å². The van der Waals surface area contributed by atoms with Crippen molar-refractivity contribution >= 4 is 15.9 Å². The summed E-state index contributed by atoms with van der Waals surface area (Å²) >= 11 is 3.42. The Labute approximate surface area is 99.6 Å². The third kappa shape index (κ3) is 4.75. The fourth-order valence-corrected chi connectivity index (χ4v) is 1.76. The molecule has 0 amide bonds. The van der Waals surface area contributed by atoms with E-state index in [4.69, 9.17) is 0 Å². The summed E-state index contributed by atoms with van der Waals surface area (Å²) in [6.07, 6.45) is 5.15. The zero-order chi connectivity index (χ0) is 10.9. The molecule has 86 valence electrons. The van der Waals surface area contributed by atoms with Crippen LogP contribution in [-0.2, 0) is 13.1 Å². The second-order valence-corrected chi connectivity index (χ2v) is 4.27. The quantitative estimate of drug-likeness (QED) is 0.582. The van der Waals surface area contributed by atoms with Gasteiger partial charge in [-0.1, -0.05) is 22.9 Å². The monoisotopic (exact) mass is 274 g/mol. The molecule has 0 aromatic carbocycles. The molecule has 1 rings (SSSR count). The fraction of sp³-hybridized carbons (Fsp3) is 0.800. The lowest BCUT2D eigenvalue weighted by Gasteiger charge is -2.05. The highest BCUT2D eigenvalue weighted by Gasteiger charge is 2.01. The fourth-order valence-electron chi connectivity index (χ4n) is 1.37. The van der Waals surface area contributed by atoms with E-state index < -0.39 is 0 Å². The first-order chi connectivity index (χ1) is 7.38. The van der Waals surface area contributed by atoms with Crippen molar-refractivity contribution in [3.8, 4) is 0 Å². The maximum atomic E-state index is 4.23. The van der Waals surface area contributed by atoms with E-state index >= 15 is 0 Å². The van der Waals surface area contributed by atoms with Crippen molar-refractivity contribution in [2.24, 2.45) is 0 Å². The van der Waals surface area contributed by atoms with Crippen LogP contribution >= 0.6 is 15.9 Å². The SMILES string of the molecule is CCCn1ncnc1CNCCCCBr. The minimum Gasteiger partial charge on any atom is -0.310 e. The van der Waals surface area contributed by atoms with Gasteiger partial charge < -0.3 is 5.32 Å². The zero-order valence-electron chi connectivity index (χ0n) is 9.25. The predicted octanol–water partition coefficient (Wildman–Crippen LogP) is 1.95. The van der Waals surface area contributed by atoms with Crippen LogP contribution in [0.1, 0.15) is 32.0 Å². The first kappa shape index (κ1) is 12.6. The molecular weight excluding hydrogens is 256 g/mol. The van der Waals surface area contributed by atoms with Gasteiger partial charge in [-0.15, -0.1) is 0 Å². The van der Waals surface area contributed by atoms with Crippen LogP contribution in [0.3, 0.4) is 0 Å². The van der Waals surface area contributed by atoms with Gasteiger partial charge in [-0.05, 0) is 25.8 Å². The van der Waals surface area contributed by atoms with E-state index in [0.717, 1.165) is 37.2 Å². The van der Waals surface area contributed by atoms with E-state index in [1.165, 1.54) is 12.8 Å². The van der Waals surface area contributed by atoms with E-state index in [1.54, 1.807) is 6.33 Å². The summed E-state index contributed by atoms with van der Waals surface area (Å²) in [5, 5.41) is 8.64. The van der Waals surface area contributed by atoms with Crippen molar-refractivity contribution in [3.05, 3.63) is 12.2 Å². The number of halogens is 1. The predicted molar refractivity (Wildman–Crippen MR) is 65.0 cm³/mol. The topological polar surface area (TPSA) is 42.7 Å². The van der Waals surface area contributed by atoms with Gasteiger partial charge in [0.15, 0.2) is 0 Å². The average Bonchev–Trinajstić information content (AvgIpc) is 2.66. The van der Waals surface area contributed by atoms with Crippen LogP contribution in [0.15, 0.2) is 6.33 Å². The van der Waals surface area contributed by atoms with E-state index in [2.05, 4.69) is 38.3 Å². The van der Waals surface area contributed by atoms with Gasteiger partial charge in [0.05, 0.1) is 6.54 Å². The first-order valence-electron chi connectivity index (χ1n) is 5.51. The van der Waals surface area contributed by atoms with Crippen molar-refractivity contribution in [1.29, 1.82) is 0 Å². The van der Waals surface area contributed by atoms with Gasteiger partial charge in [0.2, 0.25) is 0 Å². The van der Waals surface area contributed by atoms with E-state index in [-0.39, 0.29) is 0 Å². The highest BCUT2D eigenvalue weighted by atomic mass is 79.9. The largest absolute Gasteiger partial charge is 0.310 e. The molecule has 1 aromatic heterocycles. The van der Waals surface area contributed by atoms with Crippen molar-refractivity contribution in [2.75, 3.05) is 11.9 Å². The molecule has 0 radical (unpaired) electrons. The molecule has 0 saturated heterocycles. The van der Waals surface area contributed by atoms with Gasteiger partial charge >= 0.3 is 0 Å². The minimum absolute atomic E-state index is 0.822. The number of alkyl halides is 1. The molecular formula is C10H19BrN4. The van der Waals surface area contributed by atoms with Crippen LogP contribution in [0.5, 0.6) is 0 Å². The highest BCUT2D eigenvalue weighted by Crippen LogP contribution is 1.96. The van der Waals surface area contributed by atoms with Gasteiger partial charge in [-0.3, -0.25) is 0 Å². The summed E-state index contributed by atoms with van der Waals surface area (Å²) in [7, 11) is 0. The number of unbranched alkanes of at least 4 members (excludes halogenated alkanes) is 1. The lowest BCUT2D eigenvalue weighted by Crippen LogP contribution is -2.18. The van der Waals surface area contributed by atoms with E-state index in [0.29, 0.717) is 0 Å². The minimum atomic E-state index is 0.822. The highest BCUT2D eigenvalue weighted by molar-refractivity contribution is 9.09. The Balaban J connectivity index is 2.21. The Hall–Kier alpha value is -0.420. The molecule has 0 unspecified atom stereocenters. The van der Waals surface area contributed by atoms with Crippen molar-refractivity contribution in [2.45, 2.75) is 39.3 Å². The first-order valence-corrected chi connectivity index (χ1v) is 6.64. The molecule has 0 bridgehead atoms. The Morgan fingerprint density at radius 2 is 2.33 bits per heavy atom. The number of nitrogens with zero attached hydrogens (tertiary/aromatic N) is 3. The summed E-state index contributed by atoms with van der Waals surface area (Å²) in [4.78, 5) is 4.23. The lowest BCUT2D eigenvalue weighted by molar-refractivity contribution is 0.537. The van der Waals surface area contributed by atoms with Gasteiger partial charge in [0.1, 0.15) is 12.2 Å². The number of hydrogen-bond acceptors (Lipinski definition) is 3. The molecule has 0 saturated carbocycles. The summed E-state index contributed by atoms with van der Waals surface area (Å²) in [6.45, 7) is 4.97. The third-order valence-corrected chi connectivity index (χ3v) is 2.71. The smallest absolute Gasteiger partial charge is 0.140 e. The average molecular weight is 275 g/mol. The lowest BCUT2D eigenvalue weighted by atomic mass is 10.3. The van der Waals surface area contributed by atoms with Crippen LogP contribution in [-0.4, -0.2) is 26.6 Å². The molecule has 5 heteroatoms. The summed E-state index contributed by atoms with van der Waals surface area (Å²) in [5.41, 5.74) is 0. The Morgan fingerprint density at radius 3 is 3.07 bits per heavy atom. The van der Waals surface area contributed by atoms with Crippen LogP contribution in [0.2, 0.25) is 0 Å². The van der Waals surface area contributed by atoms with Gasteiger partial charge in [-0.2, -0.15) is 5.10 Å². The number of hydrogen-bond donors (Lipinski definition) is 1. The maximum Gasteiger partial charge on any atom is 0.140 e. The Kier molecular flexibility index (Phi) is 6.59. The second-order valence-electron chi connectivity index (χ2n) is 3.47. The molecule has 0 aliphatic carbocycles. The van der Waals surface area contributed by atoms with Crippen LogP contribution in [0.25, 0.3) is 0 Å². The molecule has 0 spiro atoms. The van der Waals surface area contributed by atoms with Gasteiger partial charge in [0, 0.05) is 11.9 Å². The molecule has 1 heterocycles. The van der Waals surface area contributed by atoms with Crippen molar-refractivity contribution < 1.29 is 0 Å². The molecule has 0 fully saturated rings. The van der Waals surface area contributed by atoms with E-state index in [1.807, 2.05) is 4.68 Å². The second kappa shape index (κ2) is 7.82. The summed E-state index contributed by atoms with van der Waals surface area (Å²) in [5.74, 6) is 1.04. The maximum absolute atomic E-state index is 4.23. The normalized spacial score (nSPS) is 10.8. The number of aryl methyl sites for hydroxylation is 1. The van der Waals surface area contributed by atoms with Crippen molar-refractivity contribution in [1.82, 2.24) is 20.1 Å². The molecule has 15 heavy (non-hydrogen) atoms. The standard InChI is InChI=1S/C10H19BrN4/c1-2-7-15-10(13-9-14-15)8-12-6-4-3-5-11/h9,12H,2-8H2,1H3. The van der Waals surface area contributed by atoms with Crippen molar-refractivity contribution in [3.63, 3.8) is 0 Å². The number of rotatable bonds is 8. The van der Waals surface area contributed by atoms with Gasteiger partial charge in [0.25, 0.3) is 0 Å². The zero-order valence-corrected chi connectivity index (χ0v) is 10.8. The Bertz CT molecular complexity index is 262. The van der Waals surface area contributed by atoms with E-state index in [9.17, 15) is 0 Å². The van der Waals surface area contributed by atoms with Crippen LogP contribution in [0, 0.1) is 0 Å². The summed E-state index contributed by atoms with van der Waals surface area (Å²) in [6, 6.07) is 0. The molecule has 0 aliphatic rings. The Morgan fingerprint density at radius 1 is 1.47 bits per heavy atom. The third-order valence-electron chi connectivity index (χ3n) is 2.15. The number of aromatic nitrogens is 3. The molecule has 1 N–H and O–H groups in total. The molecule has 4 nitrogen and oxygen atoms in total. The van der Waals surface area contributed by atoms with Gasteiger partial charge in [-0.25, -0.2) is 9.67 Å².